The monoisotopic (exact) mass is 339 g/mol. The Morgan fingerprint density at radius 1 is 1.35 bits per heavy atom. The highest BCUT2D eigenvalue weighted by atomic mass is 79.9. The summed E-state index contributed by atoms with van der Waals surface area (Å²) in [7, 11) is 0. The Morgan fingerprint density at radius 3 is 2.50 bits per heavy atom. The van der Waals surface area contributed by atoms with Gasteiger partial charge in [0.25, 0.3) is 5.91 Å². The summed E-state index contributed by atoms with van der Waals surface area (Å²) in [6, 6.07) is 6.85. The van der Waals surface area contributed by atoms with Crippen molar-refractivity contribution in [2.75, 3.05) is 11.5 Å². The number of Topliss-reactive ketones (excluding diaryl/α,β-unsaturated/α-hetero) is 1. The maximum absolute atomic E-state index is 12.1. The van der Waals surface area contributed by atoms with Gasteiger partial charge in [-0.05, 0) is 38.1 Å². The molecule has 1 aliphatic rings. The number of hydrogen-bond acceptors (Lipinski definition) is 4. The Morgan fingerprint density at radius 2 is 1.95 bits per heavy atom. The van der Waals surface area contributed by atoms with Crippen LogP contribution in [0.15, 0.2) is 28.7 Å². The van der Waals surface area contributed by atoms with E-state index in [1.165, 1.54) is 4.90 Å². The van der Waals surface area contributed by atoms with Crippen LogP contribution >= 0.6 is 15.9 Å². The molecule has 0 spiro atoms. The predicted molar refractivity (Wildman–Crippen MR) is 76.3 cm³/mol. The lowest BCUT2D eigenvalue weighted by Crippen LogP contribution is -2.50. The first-order valence-corrected chi connectivity index (χ1v) is 6.99. The molecular formula is C14H14BrNO4. The second-order valence-corrected chi connectivity index (χ2v) is 5.63. The van der Waals surface area contributed by atoms with Gasteiger partial charge in [-0.15, -0.1) is 0 Å². The largest absolute Gasteiger partial charge is 0.464 e. The zero-order valence-corrected chi connectivity index (χ0v) is 12.8. The normalized spacial score (nSPS) is 22.2. The van der Waals surface area contributed by atoms with E-state index in [-0.39, 0.29) is 13.0 Å². The summed E-state index contributed by atoms with van der Waals surface area (Å²) >= 11 is 3.30. The third-order valence-corrected chi connectivity index (χ3v) is 3.77. The van der Waals surface area contributed by atoms with Gasteiger partial charge in [0.15, 0.2) is 0 Å². The SMILES string of the molecule is CCOC(=O)C1(C)CC(=O)C(=O)N1c1ccc(Br)cc1. The molecule has 0 radical (unpaired) electrons. The Bertz CT molecular complexity index is 569. The van der Waals surface area contributed by atoms with Crippen molar-refractivity contribution in [3.63, 3.8) is 0 Å². The molecule has 1 fully saturated rings. The topological polar surface area (TPSA) is 63.7 Å². The van der Waals surface area contributed by atoms with E-state index in [0.717, 1.165) is 4.47 Å². The van der Waals surface area contributed by atoms with Gasteiger partial charge in [0.2, 0.25) is 5.78 Å². The van der Waals surface area contributed by atoms with Crippen LogP contribution in [-0.2, 0) is 19.1 Å². The van der Waals surface area contributed by atoms with Gasteiger partial charge in [-0.2, -0.15) is 0 Å². The van der Waals surface area contributed by atoms with E-state index in [1.54, 1.807) is 38.1 Å². The summed E-state index contributed by atoms with van der Waals surface area (Å²) < 4.78 is 5.85. The van der Waals surface area contributed by atoms with Crippen molar-refractivity contribution in [3.8, 4) is 0 Å². The first-order chi connectivity index (χ1) is 9.40. The molecule has 5 nitrogen and oxygen atoms in total. The number of benzene rings is 1. The number of amides is 1. The van der Waals surface area contributed by atoms with Gasteiger partial charge < -0.3 is 4.74 Å². The van der Waals surface area contributed by atoms with Crippen LogP contribution in [0.4, 0.5) is 5.69 Å². The number of halogens is 1. The van der Waals surface area contributed by atoms with Gasteiger partial charge >= 0.3 is 5.97 Å². The van der Waals surface area contributed by atoms with E-state index in [2.05, 4.69) is 15.9 Å². The summed E-state index contributed by atoms with van der Waals surface area (Å²) in [5.41, 5.74) is -0.780. The van der Waals surface area contributed by atoms with Gasteiger partial charge in [-0.25, -0.2) is 4.79 Å². The Labute approximate surface area is 125 Å². The molecule has 1 unspecified atom stereocenters. The van der Waals surface area contributed by atoms with Gasteiger partial charge in [0.1, 0.15) is 5.54 Å². The highest BCUT2D eigenvalue weighted by molar-refractivity contribution is 9.10. The van der Waals surface area contributed by atoms with Gasteiger partial charge in [-0.3, -0.25) is 14.5 Å². The lowest BCUT2D eigenvalue weighted by atomic mass is 9.98. The molecule has 0 saturated carbocycles. The summed E-state index contributed by atoms with van der Waals surface area (Å²) in [6.45, 7) is 3.44. The van der Waals surface area contributed by atoms with E-state index in [9.17, 15) is 14.4 Å². The molecule has 20 heavy (non-hydrogen) atoms. The molecule has 0 N–H and O–H groups in total. The van der Waals surface area contributed by atoms with Crippen molar-refractivity contribution in [2.24, 2.45) is 0 Å². The van der Waals surface area contributed by atoms with Gasteiger partial charge in [0, 0.05) is 10.2 Å². The maximum atomic E-state index is 12.1. The van der Waals surface area contributed by atoms with Crippen molar-refractivity contribution in [3.05, 3.63) is 28.7 Å². The highest BCUT2D eigenvalue weighted by Crippen LogP contribution is 2.34. The molecule has 1 aromatic rings. The van der Waals surface area contributed by atoms with Gasteiger partial charge in [-0.1, -0.05) is 15.9 Å². The molecule has 1 aliphatic heterocycles. The molecule has 106 valence electrons. The number of ether oxygens (including phenoxy) is 1. The number of carbonyl (C=O) groups excluding carboxylic acids is 3. The van der Waals surface area contributed by atoms with E-state index >= 15 is 0 Å². The molecule has 1 amide bonds. The van der Waals surface area contributed by atoms with Crippen LogP contribution in [0.5, 0.6) is 0 Å². The van der Waals surface area contributed by atoms with Crippen molar-refractivity contribution >= 4 is 39.3 Å². The van der Waals surface area contributed by atoms with Crippen LogP contribution in [-0.4, -0.2) is 29.8 Å². The van der Waals surface area contributed by atoms with E-state index in [1.807, 2.05) is 0 Å². The Hall–Kier alpha value is -1.69. The minimum Gasteiger partial charge on any atom is -0.464 e. The fourth-order valence-electron chi connectivity index (χ4n) is 2.26. The van der Waals surface area contributed by atoms with E-state index in [4.69, 9.17) is 4.74 Å². The zero-order valence-electron chi connectivity index (χ0n) is 11.2. The quantitative estimate of drug-likeness (QED) is 0.624. The van der Waals surface area contributed by atoms with E-state index < -0.39 is 23.2 Å². The fourth-order valence-corrected chi connectivity index (χ4v) is 2.52. The third-order valence-electron chi connectivity index (χ3n) is 3.24. The smallest absolute Gasteiger partial charge is 0.332 e. The van der Waals surface area contributed by atoms with Crippen molar-refractivity contribution in [2.45, 2.75) is 25.8 Å². The lowest BCUT2D eigenvalue weighted by molar-refractivity contribution is -0.149. The first kappa shape index (κ1) is 14.7. The van der Waals surface area contributed by atoms with Gasteiger partial charge in [0.05, 0.1) is 13.0 Å². The highest BCUT2D eigenvalue weighted by Gasteiger charge is 2.54. The molecular weight excluding hydrogens is 326 g/mol. The number of nitrogens with zero attached hydrogens (tertiary/aromatic N) is 1. The first-order valence-electron chi connectivity index (χ1n) is 6.20. The average molecular weight is 340 g/mol. The number of rotatable bonds is 3. The molecule has 0 bridgehead atoms. The molecule has 2 rings (SSSR count). The van der Waals surface area contributed by atoms with E-state index in [0.29, 0.717) is 5.69 Å². The molecule has 1 saturated heterocycles. The second kappa shape index (κ2) is 5.36. The lowest BCUT2D eigenvalue weighted by Gasteiger charge is -2.31. The molecule has 1 aromatic carbocycles. The molecule has 1 atom stereocenters. The average Bonchev–Trinajstić information content (AvgIpc) is 2.63. The minimum atomic E-state index is -1.28. The Kier molecular flexibility index (Phi) is 3.94. The standard InChI is InChI=1S/C14H14BrNO4/c1-3-20-13(19)14(2)8-11(17)12(18)16(14)10-6-4-9(15)5-7-10/h4-7H,3,8H2,1-2H3. The summed E-state index contributed by atoms with van der Waals surface area (Å²) in [5, 5.41) is 0. The Balaban J connectivity index is 2.45. The molecule has 6 heteroatoms. The number of anilines is 1. The maximum Gasteiger partial charge on any atom is 0.332 e. The van der Waals surface area contributed by atoms with Crippen LogP contribution in [0, 0.1) is 0 Å². The molecule has 0 aromatic heterocycles. The summed E-state index contributed by atoms with van der Waals surface area (Å²) in [6.07, 6.45) is -0.166. The minimum absolute atomic E-state index is 0.166. The van der Waals surface area contributed by atoms with Crippen LogP contribution < -0.4 is 4.90 Å². The zero-order chi connectivity index (χ0) is 14.9. The number of esters is 1. The third kappa shape index (κ3) is 2.35. The number of ketones is 1. The van der Waals surface area contributed by atoms with Crippen LogP contribution in [0.1, 0.15) is 20.3 Å². The fraction of sp³-hybridized carbons (Fsp3) is 0.357. The number of hydrogen-bond donors (Lipinski definition) is 0. The molecule has 1 heterocycles. The number of carbonyl (C=O) groups is 3. The summed E-state index contributed by atoms with van der Waals surface area (Å²) in [4.78, 5) is 37.2. The predicted octanol–water partition coefficient (Wildman–Crippen LogP) is 2.08. The summed E-state index contributed by atoms with van der Waals surface area (Å²) in [5.74, 6) is -1.83. The molecule has 0 aliphatic carbocycles. The van der Waals surface area contributed by atoms with Crippen molar-refractivity contribution in [1.29, 1.82) is 0 Å². The van der Waals surface area contributed by atoms with Crippen LogP contribution in [0.3, 0.4) is 0 Å². The van der Waals surface area contributed by atoms with Crippen LogP contribution in [0.2, 0.25) is 0 Å². The van der Waals surface area contributed by atoms with Crippen molar-refractivity contribution < 1.29 is 19.1 Å². The van der Waals surface area contributed by atoms with Crippen LogP contribution in [0.25, 0.3) is 0 Å². The van der Waals surface area contributed by atoms with Crippen molar-refractivity contribution in [1.82, 2.24) is 0 Å². The second-order valence-electron chi connectivity index (χ2n) is 4.71.